The highest BCUT2D eigenvalue weighted by molar-refractivity contribution is 6.04. The molecule has 8 nitrogen and oxygen atoms in total. The van der Waals surface area contributed by atoms with Crippen molar-refractivity contribution in [3.63, 3.8) is 0 Å². The van der Waals surface area contributed by atoms with E-state index in [0.717, 1.165) is 0 Å². The van der Waals surface area contributed by atoms with Crippen LogP contribution in [0.15, 0.2) is 24.3 Å². The van der Waals surface area contributed by atoms with Crippen LogP contribution in [0.2, 0.25) is 0 Å². The van der Waals surface area contributed by atoms with Crippen molar-refractivity contribution in [3.8, 4) is 5.75 Å². The van der Waals surface area contributed by atoms with E-state index in [1.54, 1.807) is 0 Å². The number of hydrogen-bond acceptors (Lipinski definition) is 6. The number of hydroxylamine groups is 2. The lowest BCUT2D eigenvalue weighted by Crippen LogP contribution is -2.36. The zero-order chi connectivity index (χ0) is 15.6. The van der Waals surface area contributed by atoms with E-state index in [1.807, 2.05) is 0 Å². The molecule has 2 N–H and O–H groups in total. The first kappa shape index (κ1) is 14.5. The van der Waals surface area contributed by atoms with Gasteiger partial charge in [-0.25, -0.2) is 4.79 Å². The minimum Gasteiger partial charge on any atom is -0.508 e. The normalized spacial score (nSPS) is 15.9. The average Bonchev–Trinajstić information content (AvgIpc) is 2.73. The zero-order valence-electron chi connectivity index (χ0n) is 10.7. The maximum atomic E-state index is 11.9. The number of carboxylic acid groups (broad SMARTS) is 1. The molecule has 1 aromatic carbocycles. The van der Waals surface area contributed by atoms with Crippen molar-refractivity contribution >= 4 is 23.8 Å². The van der Waals surface area contributed by atoms with Crippen LogP contribution in [0.1, 0.15) is 24.3 Å². The Morgan fingerprint density at radius 3 is 2.10 bits per heavy atom. The predicted octanol–water partition coefficient (Wildman–Crippen LogP) is 0.168. The number of imide groups is 1. The van der Waals surface area contributed by atoms with Gasteiger partial charge in [-0.3, -0.25) is 14.4 Å². The lowest BCUT2D eigenvalue weighted by molar-refractivity contribution is -0.199. The summed E-state index contributed by atoms with van der Waals surface area (Å²) in [6, 6.07) is 4.90. The quantitative estimate of drug-likeness (QED) is 0.599. The van der Waals surface area contributed by atoms with Crippen molar-refractivity contribution in [2.45, 2.75) is 18.8 Å². The number of amides is 2. The van der Waals surface area contributed by atoms with Crippen molar-refractivity contribution < 1.29 is 34.2 Å². The SMILES string of the molecule is O=C(O)C(C(=O)ON1C(=O)CCC1=O)c1ccc(O)cc1. The summed E-state index contributed by atoms with van der Waals surface area (Å²) in [6.45, 7) is 0. The number of aromatic hydroxyl groups is 1. The van der Waals surface area contributed by atoms with Gasteiger partial charge < -0.3 is 15.1 Å². The molecular weight excluding hydrogens is 282 g/mol. The molecule has 0 saturated carbocycles. The molecule has 21 heavy (non-hydrogen) atoms. The lowest BCUT2D eigenvalue weighted by Gasteiger charge is -2.16. The Bertz CT molecular complexity index is 591. The highest BCUT2D eigenvalue weighted by Gasteiger charge is 2.37. The van der Waals surface area contributed by atoms with E-state index in [1.165, 1.54) is 24.3 Å². The molecule has 1 fully saturated rings. The molecule has 1 aromatic rings. The average molecular weight is 293 g/mol. The van der Waals surface area contributed by atoms with E-state index < -0.39 is 29.7 Å². The molecule has 8 heteroatoms. The highest BCUT2D eigenvalue weighted by Crippen LogP contribution is 2.22. The molecule has 0 bridgehead atoms. The fourth-order valence-electron chi connectivity index (χ4n) is 1.85. The van der Waals surface area contributed by atoms with E-state index in [0.29, 0.717) is 5.06 Å². The third-order valence-corrected chi connectivity index (χ3v) is 2.90. The van der Waals surface area contributed by atoms with Gasteiger partial charge >= 0.3 is 11.9 Å². The number of carbonyl (C=O) groups excluding carboxylic acids is 3. The molecule has 1 heterocycles. The largest absolute Gasteiger partial charge is 0.508 e. The third kappa shape index (κ3) is 2.99. The molecular formula is C13H11NO7. The van der Waals surface area contributed by atoms with E-state index in [9.17, 15) is 19.2 Å². The predicted molar refractivity (Wildman–Crippen MR) is 65.7 cm³/mol. The molecule has 1 atom stereocenters. The van der Waals surface area contributed by atoms with Crippen LogP contribution >= 0.6 is 0 Å². The Balaban J connectivity index is 2.20. The molecule has 0 spiro atoms. The Kier molecular flexibility index (Phi) is 3.88. The van der Waals surface area contributed by atoms with E-state index in [2.05, 4.69) is 4.84 Å². The number of carbonyl (C=O) groups is 4. The lowest BCUT2D eigenvalue weighted by atomic mass is 9.99. The molecule has 0 aliphatic carbocycles. The summed E-state index contributed by atoms with van der Waals surface area (Å²) in [5, 5.41) is 18.6. The fourth-order valence-corrected chi connectivity index (χ4v) is 1.85. The zero-order valence-corrected chi connectivity index (χ0v) is 10.7. The van der Waals surface area contributed by atoms with Crippen molar-refractivity contribution in [2.24, 2.45) is 0 Å². The van der Waals surface area contributed by atoms with Crippen LogP contribution < -0.4 is 0 Å². The molecule has 0 aromatic heterocycles. The van der Waals surface area contributed by atoms with Crippen molar-refractivity contribution in [2.75, 3.05) is 0 Å². The van der Waals surface area contributed by atoms with Crippen molar-refractivity contribution in [1.29, 1.82) is 0 Å². The summed E-state index contributed by atoms with van der Waals surface area (Å²) in [6.07, 6.45) is -0.161. The number of hydrogen-bond donors (Lipinski definition) is 2. The summed E-state index contributed by atoms with van der Waals surface area (Å²) in [4.78, 5) is 50.4. The van der Waals surface area contributed by atoms with Gasteiger partial charge in [0.2, 0.25) is 0 Å². The fraction of sp³-hybridized carbons (Fsp3) is 0.231. The topological polar surface area (TPSA) is 121 Å². The van der Waals surface area contributed by atoms with Crippen LogP contribution in [0.25, 0.3) is 0 Å². The van der Waals surface area contributed by atoms with Crippen LogP contribution in [0.4, 0.5) is 0 Å². The molecule has 1 aliphatic rings. The van der Waals surface area contributed by atoms with Gasteiger partial charge in [0.05, 0.1) is 0 Å². The van der Waals surface area contributed by atoms with Gasteiger partial charge in [-0.1, -0.05) is 12.1 Å². The Hall–Kier alpha value is -2.90. The number of rotatable bonds is 4. The van der Waals surface area contributed by atoms with Crippen LogP contribution in [0.5, 0.6) is 5.75 Å². The van der Waals surface area contributed by atoms with Crippen LogP contribution in [0, 0.1) is 0 Å². The second kappa shape index (κ2) is 5.61. The molecule has 1 unspecified atom stereocenters. The van der Waals surface area contributed by atoms with Crippen LogP contribution in [-0.2, 0) is 24.0 Å². The number of benzene rings is 1. The van der Waals surface area contributed by atoms with E-state index in [-0.39, 0.29) is 24.2 Å². The van der Waals surface area contributed by atoms with Gasteiger partial charge in [0.25, 0.3) is 11.8 Å². The van der Waals surface area contributed by atoms with Crippen LogP contribution in [-0.4, -0.2) is 39.0 Å². The summed E-state index contributed by atoms with van der Waals surface area (Å²) in [5.74, 6) is -5.93. The summed E-state index contributed by atoms with van der Waals surface area (Å²) >= 11 is 0. The number of carboxylic acids is 1. The van der Waals surface area contributed by atoms with Crippen molar-refractivity contribution in [1.82, 2.24) is 5.06 Å². The first-order valence-electron chi connectivity index (χ1n) is 5.99. The molecule has 2 rings (SSSR count). The standard InChI is InChI=1S/C13H11NO7/c15-8-3-1-7(2-4-8)11(12(18)19)13(20)21-14-9(16)5-6-10(14)17/h1-4,11,15H,5-6H2,(H,18,19). The van der Waals surface area contributed by atoms with Gasteiger partial charge in [0, 0.05) is 12.8 Å². The second-order valence-electron chi connectivity index (χ2n) is 4.35. The minimum atomic E-state index is -1.70. The highest BCUT2D eigenvalue weighted by atomic mass is 16.7. The molecule has 0 radical (unpaired) electrons. The first-order chi connectivity index (χ1) is 9.90. The minimum absolute atomic E-state index is 0.0596. The van der Waals surface area contributed by atoms with Gasteiger partial charge in [-0.05, 0) is 17.7 Å². The van der Waals surface area contributed by atoms with Gasteiger partial charge in [-0.15, -0.1) is 5.06 Å². The number of nitrogens with zero attached hydrogens (tertiary/aromatic N) is 1. The smallest absolute Gasteiger partial charge is 0.351 e. The van der Waals surface area contributed by atoms with Gasteiger partial charge in [0.15, 0.2) is 5.92 Å². The van der Waals surface area contributed by atoms with Gasteiger partial charge in [-0.2, -0.15) is 0 Å². The Morgan fingerprint density at radius 1 is 1.10 bits per heavy atom. The number of phenolic OH excluding ortho intramolecular Hbond substituents is 1. The summed E-state index contributed by atoms with van der Waals surface area (Å²) < 4.78 is 0. The van der Waals surface area contributed by atoms with Gasteiger partial charge in [0.1, 0.15) is 5.75 Å². The summed E-state index contributed by atoms with van der Waals surface area (Å²) in [7, 11) is 0. The molecule has 1 aliphatic heterocycles. The third-order valence-electron chi connectivity index (χ3n) is 2.90. The molecule has 2 amide bonds. The second-order valence-corrected chi connectivity index (χ2v) is 4.35. The molecule has 1 saturated heterocycles. The summed E-state index contributed by atoms with van der Waals surface area (Å²) in [5.41, 5.74) is 0.0596. The van der Waals surface area contributed by atoms with E-state index in [4.69, 9.17) is 10.2 Å². The molecule has 110 valence electrons. The number of phenols is 1. The maximum absolute atomic E-state index is 11.9. The first-order valence-corrected chi connectivity index (χ1v) is 5.99. The Morgan fingerprint density at radius 2 is 1.62 bits per heavy atom. The monoisotopic (exact) mass is 293 g/mol. The van der Waals surface area contributed by atoms with Crippen molar-refractivity contribution in [3.05, 3.63) is 29.8 Å². The maximum Gasteiger partial charge on any atom is 0.351 e. The Labute approximate surface area is 118 Å². The number of aliphatic carboxylic acids is 1. The van der Waals surface area contributed by atoms with E-state index >= 15 is 0 Å². The van der Waals surface area contributed by atoms with Crippen LogP contribution in [0.3, 0.4) is 0 Å².